The van der Waals surface area contributed by atoms with E-state index < -0.39 is 0 Å². The Bertz CT molecular complexity index is 1600. The highest BCUT2D eigenvalue weighted by Gasteiger charge is 2.14. The molecule has 6 rings (SSSR count). The zero-order chi connectivity index (χ0) is 26.6. The summed E-state index contributed by atoms with van der Waals surface area (Å²) in [5.41, 5.74) is 10.2. The molecule has 0 saturated heterocycles. The third-order valence-corrected chi connectivity index (χ3v) is 7.64. The maximum atomic E-state index is 6.55. The molecule has 0 aliphatic heterocycles. The summed E-state index contributed by atoms with van der Waals surface area (Å²) in [7, 11) is 0. The highest BCUT2D eigenvalue weighted by molar-refractivity contribution is 9.10. The molecular weight excluding hydrogens is 562 g/mol. The Morgan fingerprint density at radius 3 is 1.21 bits per heavy atom. The highest BCUT2D eigenvalue weighted by Crippen LogP contribution is 2.38. The van der Waals surface area contributed by atoms with Crippen LogP contribution >= 0.6 is 27.5 Å². The maximum Gasteiger partial charge on any atom is 0.0495 e. The molecule has 0 aromatic heterocycles. The van der Waals surface area contributed by atoms with E-state index in [2.05, 4.69) is 142 Å². The number of anilines is 3. The van der Waals surface area contributed by atoms with Crippen LogP contribution in [-0.2, 0) is 0 Å². The topological polar surface area (TPSA) is 3.24 Å². The van der Waals surface area contributed by atoms with Crippen molar-refractivity contribution >= 4 is 44.6 Å². The zero-order valence-corrected chi connectivity index (χ0v) is 23.5. The van der Waals surface area contributed by atoms with Gasteiger partial charge in [-0.2, -0.15) is 0 Å². The van der Waals surface area contributed by atoms with E-state index in [0.29, 0.717) is 0 Å². The van der Waals surface area contributed by atoms with Crippen LogP contribution in [0.3, 0.4) is 0 Å². The zero-order valence-electron chi connectivity index (χ0n) is 21.1. The molecule has 39 heavy (non-hydrogen) atoms. The second-order valence-corrected chi connectivity index (χ2v) is 10.7. The van der Waals surface area contributed by atoms with Gasteiger partial charge in [0.15, 0.2) is 0 Å². The van der Waals surface area contributed by atoms with Crippen molar-refractivity contribution in [3.63, 3.8) is 0 Å². The number of nitrogens with zero attached hydrogens (tertiary/aromatic N) is 1. The van der Waals surface area contributed by atoms with Gasteiger partial charge in [0.25, 0.3) is 0 Å². The van der Waals surface area contributed by atoms with Crippen LogP contribution < -0.4 is 4.90 Å². The van der Waals surface area contributed by atoms with Crippen molar-refractivity contribution in [1.82, 2.24) is 0 Å². The summed E-state index contributed by atoms with van der Waals surface area (Å²) < 4.78 is 0.969. The van der Waals surface area contributed by atoms with Crippen LogP contribution in [0.2, 0.25) is 5.02 Å². The molecule has 0 radical (unpaired) electrons. The van der Waals surface area contributed by atoms with Crippen molar-refractivity contribution in [2.75, 3.05) is 4.90 Å². The molecule has 0 aliphatic rings. The van der Waals surface area contributed by atoms with E-state index in [-0.39, 0.29) is 0 Å². The first kappa shape index (κ1) is 25.2. The first-order valence-corrected chi connectivity index (χ1v) is 14.0. The minimum atomic E-state index is 0.724. The summed E-state index contributed by atoms with van der Waals surface area (Å²) in [6.45, 7) is 0. The van der Waals surface area contributed by atoms with Crippen molar-refractivity contribution in [2.24, 2.45) is 0 Å². The van der Waals surface area contributed by atoms with Crippen LogP contribution in [0.4, 0.5) is 17.1 Å². The summed E-state index contributed by atoms with van der Waals surface area (Å²) in [5.74, 6) is 0. The number of halogens is 2. The Labute approximate surface area is 243 Å². The molecule has 1 nitrogen and oxygen atoms in total. The van der Waals surface area contributed by atoms with Gasteiger partial charge in [0.05, 0.1) is 0 Å². The Hall–Kier alpha value is -4.11. The fourth-order valence-electron chi connectivity index (χ4n) is 4.83. The van der Waals surface area contributed by atoms with Gasteiger partial charge in [-0.1, -0.05) is 131 Å². The van der Waals surface area contributed by atoms with Gasteiger partial charge in [0.1, 0.15) is 0 Å². The van der Waals surface area contributed by atoms with Gasteiger partial charge in [-0.05, 0) is 76.3 Å². The summed E-state index contributed by atoms with van der Waals surface area (Å²) >= 11 is 10.0. The normalized spacial score (nSPS) is 10.8. The molecule has 0 saturated carbocycles. The average Bonchev–Trinajstić information content (AvgIpc) is 2.99. The fourth-order valence-corrected chi connectivity index (χ4v) is 5.61. The van der Waals surface area contributed by atoms with Crippen LogP contribution in [0.5, 0.6) is 0 Å². The van der Waals surface area contributed by atoms with Crippen molar-refractivity contribution < 1.29 is 0 Å². The third kappa shape index (κ3) is 5.54. The average molecular weight is 587 g/mol. The van der Waals surface area contributed by atoms with Gasteiger partial charge in [0.2, 0.25) is 0 Å². The van der Waals surface area contributed by atoms with E-state index >= 15 is 0 Å². The maximum absolute atomic E-state index is 6.55. The smallest absolute Gasteiger partial charge is 0.0495 e. The predicted octanol–water partition coefficient (Wildman–Crippen LogP) is 11.6. The lowest BCUT2D eigenvalue weighted by molar-refractivity contribution is 1.28. The monoisotopic (exact) mass is 585 g/mol. The summed E-state index contributed by atoms with van der Waals surface area (Å²) in [5, 5.41) is 0.724. The Balaban J connectivity index is 1.39. The molecule has 0 heterocycles. The second kappa shape index (κ2) is 11.3. The number of benzene rings is 6. The van der Waals surface area contributed by atoms with Crippen molar-refractivity contribution in [3.05, 3.63) is 161 Å². The molecular formula is C36H25BrClN. The minimum Gasteiger partial charge on any atom is -0.311 e. The van der Waals surface area contributed by atoms with Crippen LogP contribution in [0.15, 0.2) is 156 Å². The largest absolute Gasteiger partial charge is 0.311 e. The number of hydrogen-bond donors (Lipinski definition) is 0. The van der Waals surface area contributed by atoms with Crippen LogP contribution in [-0.4, -0.2) is 0 Å². The molecule has 0 unspecified atom stereocenters. The van der Waals surface area contributed by atoms with Crippen molar-refractivity contribution in [1.29, 1.82) is 0 Å². The Morgan fingerprint density at radius 1 is 0.410 bits per heavy atom. The first-order chi connectivity index (χ1) is 19.2. The third-order valence-electron chi connectivity index (χ3n) is 6.83. The molecule has 0 fully saturated rings. The lowest BCUT2D eigenvalue weighted by Gasteiger charge is -2.26. The standard InChI is InChI=1S/C36H25BrClN/c37-31-17-24-35(36(38)25-31)30-15-22-34(23-16-30)39(32-18-11-28(12-19-32)26-7-3-1-4-8-26)33-20-13-29(14-21-33)27-9-5-2-6-10-27/h1-25H. The molecule has 6 aromatic rings. The summed E-state index contributed by atoms with van der Waals surface area (Å²) in [4.78, 5) is 2.29. The quantitative estimate of drug-likeness (QED) is 0.188. The predicted molar refractivity (Wildman–Crippen MR) is 170 cm³/mol. The Morgan fingerprint density at radius 2 is 0.795 bits per heavy atom. The fraction of sp³-hybridized carbons (Fsp3) is 0. The molecule has 6 aromatic carbocycles. The van der Waals surface area contributed by atoms with Crippen LogP contribution in [0.1, 0.15) is 0 Å². The molecule has 0 atom stereocenters. The number of rotatable bonds is 6. The van der Waals surface area contributed by atoms with Gasteiger partial charge in [-0.3, -0.25) is 0 Å². The highest BCUT2D eigenvalue weighted by atomic mass is 79.9. The second-order valence-electron chi connectivity index (χ2n) is 9.33. The number of hydrogen-bond acceptors (Lipinski definition) is 1. The van der Waals surface area contributed by atoms with E-state index in [1.54, 1.807) is 0 Å². The van der Waals surface area contributed by atoms with Gasteiger partial charge in [-0.15, -0.1) is 0 Å². The van der Waals surface area contributed by atoms with Gasteiger partial charge < -0.3 is 4.90 Å². The summed E-state index contributed by atoms with van der Waals surface area (Å²) in [6.07, 6.45) is 0. The Kier molecular flexibility index (Phi) is 7.31. The van der Waals surface area contributed by atoms with E-state index in [1.807, 2.05) is 30.3 Å². The molecule has 3 heteroatoms. The lowest BCUT2D eigenvalue weighted by atomic mass is 10.0. The molecule has 0 N–H and O–H groups in total. The van der Waals surface area contributed by atoms with Gasteiger partial charge in [-0.25, -0.2) is 0 Å². The molecule has 0 bridgehead atoms. The summed E-state index contributed by atoms with van der Waals surface area (Å²) in [6, 6.07) is 53.0. The first-order valence-electron chi connectivity index (χ1n) is 12.8. The SMILES string of the molecule is Clc1cc(Br)ccc1-c1ccc(N(c2ccc(-c3ccccc3)cc2)c2ccc(-c3ccccc3)cc2)cc1. The molecule has 0 spiro atoms. The van der Waals surface area contributed by atoms with Crippen molar-refractivity contribution in [2.45, 2.75) is 0 Å². The van der Waals surface area contributed by atoms with E-state index in [4.69, 9.17) is 11.6 Å². The van der Waals surface area contributed by atoms with Crippen LogP contribution in [0, 0.1) is 0 Å². The molecule has 0 aliphatic carbocycles. The van der Waals surface area contributed by atoms with Crippen molar-refractivity contribution in [3.8, 4) is 33.4 Å². The van der Waals surface area contributed by atoms with E-state index in [1.165, 1.54) is 22.3 Å². The minimum absolute atomic E-state index is 0.724. The van der Waals surface area contributed by atoms with E-state index in [0.717, 1.165) is 37.7 Å². The molecule has 0 amide bonds. The van der Waals surface area contributed by atoms with Gasteiger partial charge >= 0.3 is 0 Å². The van der Waals surface area contributed by atoms with E-state index in [9.17, 15) is 0 Å². The molecule has 188 valence electrons. The lowest BCUT2D eigenvalue weighted by Crippen LogP contribution is -2.09. The van der Waals surface area contributed by atoms with Gasteiger partial charge in [0, 0.05) is 32.1 Å². The van der Waals surface area contributed by atoms with Crippen LogP contribution in [0.25, 0.3) is 33.4 Å².